The molecule has 0 fully saturated rings. The largest absolute Gasteiger partial charge is 0.399 e. The molecule has 2 aromatic rings. The van der Waals surface area contributed by atoms with Crippen LogP contribution in [0.2, 0.25) is 5.02 Å². The lowest BCUT2D eigenvalue weighted by atomic mass is 10.2. The third kappa shape index (κ3) is 3.81. The second-order valence-electron chi connectivity index (χ2n) is 3.92. The van der Waals surface area contributed by atoms with Crippen molar-refractivity contribution >= 4 is 59.9 Å². The van der Waals surface area contributed by atoms with Gasteiger partial charge in [-0.3, -0.25) is 4.21 Å². The maximum absolute atomic E-state index is 12.4. The molecule has 0 aliphatic carbocycles. The Morgan fingerprint density at radius 2 is 1.89 bits per heavy atom. The predicted octanol–water partition coefficient (Wildman–Crippen LogP) is 4.76. The fourth-order valence-corrected chi connectivity index (χ4v) is 4.50. The number of nitrogen functional groups attached to an aromatic ring is 1. The summed E-state index contributed by atoms with van der Waals surface area (Å²) in [6, 6.07) is 10.8. The van der Waals surface area contributed by atoms with Crippen LogP contribution in [0, 0.1) is 0 Å². The summed E-state index contributed by atoms with van der Waals surface area (Å²) in [5, 5.41) is 0.606. The first kappa shape index (κ1) is 15.0. The van der Waals surface area contributed by atoms with Gasteiger partial charge in [-0.05, 0) is 51.8 Å². The Morgan fingerprint density at radius 1 is 1.16 bits per heavy atom. The molecule has 0 aromatic heterocycles. The number of hydrogen-bond acceptors (Lipinski definition) is 2. The zero-order valence-corrected chi connectivity index (χ0v) is 14.4. The first-order valence-electron chi connectivity index (χ1n) is 5.34. The zero-order valence-electron chi connectivity index (χ0n) is 9.70. The molecule has 2 rings (SSSR count). The van der Waals surface area contributed by atoms with Crippen LogP contribution in [-0.4, -0.2) is 4.21 Å². The Balaban J connectivity index is 2.25. The molecule has 0 spiro atoms. The van der Waals surface area contributed by atoms with Crippen LogP contribution in [0.1, 0.15) is 5.56 Å². The molecule has 1 unspecified atom stereocenters. The van der Waals surface area contributed by atoms with Crippen LogP contribution < -0.4 is 5.73 Å². The van der Waals surface area contributed by atoms with Crippen molar-refractivity contribution in [2.75, 3.05) is 5.73 Å². The third-order valence-electron chi connectivity index (χ3n) is 2.50. The molecule has 0 aliphatic heterocycles. The SMILES string of the molecule is Nc1ccc(S(=O)Cc2ccc(Br)cc2Cl)c(Br)c1. The number of benzene rings is 2. The van der Waals surface area contributed by atoms with Crippen LogP contribution in [0.25, 0.3) is 0 Å². The number of halogens is 3. The van der Waals surface area contributed by atoms with Crippen LogP contribution in [0.15, 0.2) is 50.2 Å². The average molecular weight is 424 g/mol. The molecule has 1 atom stereocenters. The van der Waals surface area contributed by atoms with E-state index in [1.807, 2.05) is 12.1 Å². The summed E-state index contributed by atoms with van der Waals surface area (Å²) in [6.07, 6.45) is 0. The number of hydrogen-bond donors (Lipinski definition) is 1. The van der Waals surface area contributed by atoms with Crippen molar-refractivity contribution in [2.24, 2.45) is 0 Å². The van der Waals surface area contributed by atoms with Crippen LogP contribution in [0.4, 0.5) is 5.69 Å². The van der Waals surface area contributed by atoms with E-state index in [1.54, 1.807) is 24.3 Å². The van der Waals surface area contributed by atoms with Gasteiger partial charge in [0.25, 0.3) is 0 Å². The summed E-state index contributed by atoms with van der Waals surface area (Å²) in [5.74, 6) is 0.370. The summed E-state index contributed by atoms with van der Waals surface area (Å²) in [4.78, 5) is 0.716. The summed E-state index contributed by atoms with van der Waals surface area (Å²) in [7, 11) is -1.17. The van der Waals surface area contributed by atoms with Crippen molar-refractivity contribution in [1.82, 2.24) is 0 Å². The van der Waals surface area contributed by atoms with Crippen LogP contribution in [0.3, 0.4) is 0 Å². The lowest BCUT2D eigenvalue weighted by molar-refractivity contribution is 0.682. The van der Waals surface area contributed by atoms with Crippen LogP contribution >= 0.6 is 43.5 Å². The maximum Gasteiger partial charge on any atom is 0.0586 e. The minimum Gasteiger partial charge on any atom is -0.399 e. The monoisotopic (exact) mass is 421 g/mol. The van der Waals surface area contributed by atoms with E-state index in [1.165, 1.54) is 0 Å². The van der Waals surface area contributed by atoms with Gasteiger partial charge >= 0.3 is 0 Å². The van der Waals surface area contributed by atoms with E-state index in [0.717, 1.165) is 14.5 Å². The van der Waals surface area contributed by atoms with Crippen molar-refractivity contribution in [3.8, 4) is 0 Å². The van der Waals surface area contributed by atoms with Gasteiger partial charge in [-0.1, -0.05) is 33.6 Å². The Labute approximate surface area is 136 Å². The van der Waals surface area contributed by atoms with Crippen molar-refractivity contribution in [1.29, 1.82) is 0 Å². The van der Waals surface area contributed by atoms with Crippen molar-refractivity contribution in [2.45, 2.75) is 10.6 Å². The minimum atomic E-state index is -1.17. The van der Waals surface area contributed by atoms with Gasteiger partial charge in [0.05, 0.1) is 21.4 Å². The Bertz CT molecular complexity index is 649. The lowest BCUT2D eigenvalue weighted by Gasteiger charge is -2.07. The van der Waals surface area contributed by atoms with Crippen LogP contribution in [-0.2, 0) is 16.6 Å². The number of rotatable bonds is 3. The highest BCUT2D eigenvalue weighted by Gasteiger charge is 2.11. The molecule has 6 heteroatoms. The molecule has 0 amide bonds. The van der Waals surface area contributed by atoms with Gasteiger partial charge in [0.15, 0.2) is 0 Å². The highest BCUT2D eigenvalue weighted by atomic mass is 79.9. The standard InChI is InChI=1S/C13H10Br2ClNOS/c14-9-2-1-8(12(16)5-9)7-19(18)13-4-3-10(17)6-11(13)15/h1-6H,7,17H2. The third-order valence-corrected chi connectivity index (χ3v) is 5.69. The highest BCUT2D eigenvalue weighted by Crippen LogP contribution is 2.27. The van der Waals surface area contributed by atoms with Gasteiger partial charge in [-0.25, -0.2) is 0 Å². The molecule has 100 valence electrons. The van der Waals surface area contributed by atoms with Crippen LogP contribution in [0.5, 0.6) is 0 Å². The normalized spacial score (nSPS) is 12.4. The summed E-state index contributed by atoms with van der Waals surface area (Å²) in [6.45, 7) is 0. The molecule has 0 saturated heterocycles. The van der Waals surface area contributed by atoms with Gasteiger partial charge in [-0.2, -0.15) is 0 Å². The molecule has 19 heavy (non-hydrogen) atoms. The predicted molar refractivity (Wildman–Crippen MR) is 87.8 cm³/mol. The Morgan fingerprint density at radius 3 is 2.53 bits per heavy atom. The molecule has 2 aromatic carbocycles. The maximum atomic E-state index is 12.4. The molecule has 2 nitrogen and oxygen atoms in total. The Kier molecular flexibility index (Phi) is 5.06. The average Bonchev–Trinajstić information content (AvgIpc) is 2.32. The topological polar surface area (TPSA) is 43.1 Å². The first-order chi connectivity index (χ1) is 8.97. The van der Waals surface area contributed by atoms with E-state index in [4.69, 9.17) is 17.3 Å². The smallest absolute Gasteiger partial charge is 0.0586 e. The summed E-state index contributed by atoms with van der Waals surface area (Å²) < 4.78 is 14.0. The van der Waals surface area contributed by atoms with E-state index in [2.05, 4.69) is 31.9 Å². The highest BCUT2D eigenvalue weighted by molar-refractivity contribution is 9.10. The van der Waals surface area contributed by atoms with E-state index in [0.29, 0.717) is 21.4 Å². The fraction of sp³-hybridized carbons (Fsp3) is 0.0769. The molecule has 2 N–H and O–H groups in total. The van der Waals surface area contributed by atoms with E-state index < -0.39 is 10.8 Å². The molecule has 0 heterocycles. The fourth-order valence-electron chi connectivity index (χ4n) is 1.56. The minimum absolute atomic E-state index is 0.370. The molecule has 0 bridgehead atoms. The molecule has 0 saturated carbocycles. The Hall–Kier alpha value is -0.360. The van der Waals surface area contributed by atoms with E-state index in [9.17, 15) is 4.21 Å². The molecular weight excluding hydrogens is 413 g/mol. The van der Waals surface area contributed by atoms with Gasteiger partial charge in [0, 0.05) is 19.7 Å². The molecular formula is C13H10Br2ClNOS. The first-order valence-corrected chi connectivity index (χ1v) is 8.63. The zero-order chi connectivity index (χ0) is 14.0. The van der Waals surface area contributed by atoms with Gasteiger partial charge in [-0.15, -0.1) is 0 Å². The molecule has 0 aliphatic rings. The van der Waals surface area contributed by atoms with Gasteiger partial charge in [0.1, 0.15) is 0 Å². The van der Waals surface area contributed by atoms with E-state index in [-0.39, 0.29) is 0 Å². The van der Waals surface area contributed by atoms with Crippen molar-refractivity contribution in [3.05, 3.63) is 55.9 Å². The quantitative estimate of drug-likeness (QED) is 0.724. The lowest BCUT2D eigenvalue weighted by Crippen LogP contribution is -1.99. The summed E-state index contributed by atoms with van der Waals surface area (Å²) >= 11 is 12.9. The van der Waals surface area contributed by atoms with Gasteiger partial charge in [0.2, 0.25) is 0 Å². The summed E-state index contributed by atoms with van der Waals surface area (Å²) in [5.41, 5.74) is 7.15. The van der Waals surface area contributed by atoms with Crippen molar-refractivity contribution < 1.29 is 4.21 Å². The number of nitrogens with two attached hydrogens (primary N) is 1. The van der Waals surface area contributed by atoms with Gasteiger partial charge < -0.3 is 5.73 Å². The van der Waals surface area contributed by atoms with E-state index >= 15 is 0 Å². The molecule has 0 radical (unpaired) electrons. The second kappa shape index (κ2) is 6.39. The van der Waals surface area contributed by atoms with Crippen molar-refractivity contribution in [3.63, 3.8) is 0 Å². The second-order valence-corrected chi connectivity index (χ2v) is 7.51. The number of anilines is 1.